The summed E-state index contributed by atoms with van der Waals surface area (Å²) in [4.78, 5) is 28.1. The molecule has 2 saturated heterocycles. The van der Waals surface area contributed by atoms with E-state index < -0.39 is 11.2 Å². The molecule has 3 aliphatic rings. The number of likely N-dealkylation sites (N-methyl/N-ethyl adjacent to an activating group) is 1. The molecule has 0 bridgehead atoms. The highest BCUT2D eigenvalue weighted by atomic mass is 32.2. The van der Waals surface area contributed by atoms with Crippen LogP contribution in [0.25, 0.3) is 0 Å². The van der Waals surface area contributed by atoms with E-state index in [2.05, 4.69) is 50.1 Å². The smallest absolute Gasteiger partial charge is 0.258 e. The van der Waals surface area contributed by atoms with Crippen molar-refractivity contribution in [3.05, 3.63) is 54.5 Å². The highest BCUT2D eigenvalue weighted by Gasteiger charge is 2.66. The van der Waals surface area contributed by atoms with Crippen LogP contribution in [-0.4, -0.2) is 90.9 Å². The number of thioether (sulfide) groups is 1. The summed E-state index contributed by atoms with van der Waals surface area (Å²) in [7, 11) is 3.78. The van der Waals surface area contributed by atoms with Gasteiger partial charge in [-0.05, 0) is 37.9 Å². The maximum atomic E-state index is 13.3. The number of piperazine rings is 1. The molecule has 1 saturated carbocycles. The first kappa shape index (κ1) is 26.2. The number of nitrogens with zero attached hydrogens (tertiary/aromatic N) is 5. The molecule has 1 aromatic heterocycles. The first-order valence-corrected chi connectivity index (χ1v) is 12.8. The number of anilines is 2. The summed E-state index contributed by atoms with van der Waals surface area (Å²) >= 11 is 1.52. The second-order valence-corrected chi connectivity index (χ2v) is 10.5. The van der Waals surface area contributed by atoms with Crippen LogP contribution in [0, 0.1) is 5.92 Å². The fraction of sp³-hybridized carbons (Fsp3) is 0.480. The summed E-state index contributed by atoms with van der Waals surface area (Å²) in [6.45, 7) is 8.09. The zero-order valence-electron chi connectivity index (χ0n) is 20.6. The molecule has 8 nitrogen and oxygen atoms in total. The number of hydrogen-bond donors (Lipinski definition) is 2. The van der Waals surface area contributed by atoms with Gasteiger partial charge in [-0.3, -0.25) is 9.69 Å². The van der Waals surface area contributed by atoms with E-state index in [-0.39, 0.29) is 17.9 Å². The molecular weight excluding hydrogens is 484 g/mol. The molecule has 2 aliphatic heterocycles. The van der Waals surface area contributed by atoms with Gasteiger partial charge in [0.1, 0.15) is 10.6 Å². The first-order chi connectivity index (χ1) is 17.4. The number of amides is 1. The van der Waals surface area contributed by atoms with E-state index >= 15 is 0 Å². The third-order valence-corrected chi connectivity index (χ3v) is 8.05. The summed E-state index contributed by atoms with van der Waals surface area (Å²) in [6.07, 6.45) is 7.23. The second kappa shape index (κ2) is 11.4. The Hall–Kier alpha value is -2.92. The van der Waals surface area contributed by atoms with Gasteiger partial charge in [-0.25, -0.2) is 13.8 Å². The van der Waals surface area contributed by atoms with Crippen LogP contribution < -0.4 is 15.5 Å². The summed E-state index contributed by atoms with van der Waals surface area (Å²) in [5, 5.41) is 7.18. The summed E-state index contributed by atoms with van der Waals surface area (Å²) in [6, 6.07) is 3.97. The zero-order valence-corrected chi connectivity index (χ0v) is 21.4. The number of alkyl halides is 2. The van der Waals surface area contributed by atoms with Gasteiger partial charge in [-0.15, -0.1) is 0 Å². The molecule has 3 fully saturated rings. The van der Waals surface area contributed by atoms with E-state index in [0.29, 0.717) is 13.0 Å². The molecule has 2 N–H and O–H groups in total. The number of rotatable bonds is 10. The molecule has 36 heavy (non-hydrogen) atoms. The number of carbonyl (C=O) groups excluding carboxylic acids is 1. The van der Waals surface area contributed by atoms with Crippen molar-refractivity contribution < 1.29 is 13.6 Å². The number of carbonyl (C=O) groups is 1. The van der Waals surface area contributed by atoms with Gasteiger partial charge < -0.3 is 25.4 Å². The van der Waals surface area contributed by atoms with E-state index in [4.69, 9.17) is 0 Å². The van der Waals surface area contributed by atoms with Gasteiger partial charge in [0, 0.05) is 76.1 Å². The quantitative estimate of drug-likeness (QED) is 0.462. The van der Waals surface area contributed by atoms with Crippen LogP contribution in [0.1, 0.15) is 6.42 Å². The third kappa shape index (κ3) is 5.89. The Bertz CT molecular complexity index is 1040. The average Bonchev–Trinajstić information content (AvgIpc) is 3.47. The Morgan fingerprint density at radius 2 is 2.14 bits per heavy atom. The Labute approximate surface area is 215 Å². The fourth-order valence-corrected chi connectivity index (χ4v) is 5.93. The molecule has 3 heterocycles. The Morgan fingerprint density at radius 1 is 1.36 bits per heavy atom. The summed E-state index contributed by atoms with van der Waals surface area (Å²) in [5.41, 5.74) is 0.947. The number of aromatic nitrogens is 1. The maximum absolute atomic E-state index is 13.3. The minimum atomic E-state index is -2.51. The van der Waals surface area contributed by atoms with Crippen LogP contribution in [0.5, 0.6) is 0 Å². The Morgan fingerprint density at radius 3 is 2.83 bits per heavy atom. The molecule has 0 aromatic carbocycles. The number of allylic oxidation sites excluding steroid dienone is 1. The van der Waals surface area contributed by atoms with Crippen molar-refractivity contribution in [1.82, 2.24) is 20.1 Å². The van der Waals surface area contributed by atoms with Crippen molar-refractivity contribution in [3.63, 3.8) is 0 Å². The van der Waals surface area contributed by atoms with Crippen molar-refractivity contribution in [3.8, 4) is 0 Å². The van der Waals surface area contributed by atoms with Crippen LogP contribution in [0.4, 0.5) is 20.3 Å². The molecule has 1 spiro atoms. The van der Waals surface area contributed by atoms with Crippen LogP contribution in [0.3, 0.4) is 0 Å². The average molecular weight is 518 g/mol. The predicted molar refractivity (Wildman–Crippen MR) is 142 cm³/mol. The lowest BCUT2D eigenvalue weighted by Crippen LogP contribution is -2.44. The van der Waals surface area contributed by atoms with Crippen molar-refractivity contribution in [2.75, 3.05) is 57.0 Å². The van der Waals surface area contributed by atoms with E-state index in [1.165, 1.54) is 24.2 Å². The molecule has 1 amide bonds. The van der Waals surface area contributed by atoms with Gasteiger partial charge in [0.2, 0.25) is 5.91 Å². The van der Waals surface area contributed by atoms with Crippen LogP contribution in [0.2, 0.25) is 0 Å². The minimum absolute atomic E-state index is 0.00246. The molecule has 3 unspecified atom stereocenters. The zero-order chi connectivity index (χ0) is 25.7. The molecule has 1 aliphatic carbocycles. The number of nitrogens with one attached hydrogen (secondary N) is 2. The molecule has 11 heteroatoms. The lowest BCUT2D eigenvalue weighted by atomic mass is 10.1. The maximum Gasteiger partial charge on any atom is 0.258 e. The largest absolute Gasteiger partial charge is 0.390 e. The van der Waals surface area contributed by atoms with Gasteiger partial charge in [-0.1, -0.05) is 18.3 Å². The van der Waals surface area contributed by atoms with Gasteiger partial charge in [0.05, 0.1) is 11.1 Å². The normalized spacial score (nSPS) is 26.6. The van der Waals surface area contributed by atoms with Crippen LogP contribution >= 0.6 is 11.8 Å². The van der Waals surface area contributed by atoms with Crippen LogP contribution in [-0.2, 0) is 4.79 Å². The summed E-state index contributed by atoms with van der Waals surface area (Å²) in [5.74, 6) is 0.760. The number of pyridine rings is 1. The predicted octanol–water partition coefficient (Wildman–Crippen LogP) is 3.00. The standard InChI is InChI=1S/C25H33F2N7OS/c1-4-34-23(13-18(16-28-2)17-29-7-6-21(26)27)36-25(24(34)35)15-20(25)31-19-5-8-30-22(14-19)33-11-9-32(3)10-12-33/h4-8,13-14,16,18,20-21,29H,1,9-12,15,17H2,2-3H3,(H,30,31)/b7-6-,23-13-,28-16?. The van der Waals surface area contributed by atoms with E-state index in [0.717, 1.165) is 48.8 Å². The van der Waals surface area contributed by atoms with Crippen molar-refractivity contribution in [1.29, 1.82) is 0 Å². The van der Waals surface area contributed by atoms with Gasteiger partial charge in [0.25, 0.3) is 6.43 Å². The lowest BCUT2D eigenvalue weighted by molar-refractivity contribution is -0.126. The molecule has 4 rings (SSSR count). The van der Waals surface area contributed by atoms with Gasteiger partial charge >= 0.3 is 0 Å². The highest BCUT2D eigenvalue weighted by Crippen LogP contribution is 2.59. The second-order valence-electron chi connectivity index (χ2n) is 9.12. The Kier molecular flexibility index (Phi) is 8.30. The molecule has 0 radical (unpaired) electrons. The van der Waals surface area contributed by atoms with Gasteiger partial charge in [0.15, 0.2) is 0 Å². The number of hydrogen-bond acceptors (Lipinski definition) is 8. The van der Waals surface area contributed by atoms with E-state index in [1.807, 2.05) is 12.1 Å². The molecule has 3 atom stereocenters. The van der Waals surface area contributed by atoms with Crippen molar-refractivity contribution in [2.24, 2.45) is 10.9 Å². The lowest BCUT2D eigenvalue weighted by Gasteiger charge is -2.33. The molecule has 194 valence electrons. The minimum Gasteiger partial charge on any atom is -0.390 e. The van der Waals surface area contributed by atoms with E-state index in [9.17, 15) is 13.6 Å². The molecular formula is C25H33F2N7OS. The molecule has 1 aromatic rings. The van der Waals surface area contributed by atoms with Crippen LogP contribution in [0.15, 0.2) is 59.5 Å². The fourth-order valence-electron chi connectivity index (χ4n) is 4.42. The number of aliphatic imine (C=N–C) groups is 1. The first-order valence-electron chi connectivity index (χ1n) is 12.0. The van der Waals surface area contributed by atoms with E-state index in [1.54, 1.807) is 24.4 Å². The van der Waals surface area contributed by atoms with Crippen molar-refractivity contribution >= 4 is 35.4 Å². The highest BCUT2D eigenvalue weighted by molar-refractivity contribution is 8.06. The topological polar surface area (TPSA) is 76.1 Å². The number of halogens is 2. The third-order valence-electron chi connectivity index (χ3n) is 6.52. The summed E-state index contributed by atoms with van der Waals surface area (Å²) < 4.78 is 24.1. The van der Waals surface area contributed by atoms with Crippen molar-refractivity contribution in [2.45, 2.75) is 23.6 Å². The Balaban J connectivity index is 1.43. The monoisotopic (exact) mass is 517 g/mol. The van der Waals surface area contributed by atoms with Gasteiger partial charge in [-0.2, -0.15) is 0 Å². The SMILES string of the molecule is C=CN1C(=O)C2(CC2Nc2ccnc(N3CCN(C)CC3)c2)S/C1=C\C(C=NC)CN/C=C\C(F)F.